The molecule has 1 unspecified atom stereocenters. The molecule has 2 N–H and O–H groups in total. The van der Waals surface area contributed by atoms with E-state index < -0.39 is 0 Å². The van der Waals surface area contributed by atoms with Gasteiger partial charge in [0.1, 0.15) is 6.04 Å². The number of halogens is 2. The number of morpholine rings is 1. The summed E-state index contributed by atoms with van der Waals surface area (Å²) < 4.78 is 5.35. The van der Waals surface area contributed by atoms with Gasteiger partial charge in [0.2, 0.25) is 5.91 Å². The van der Waals surface area contributed by atoms with Crippen LogP contribution < -0.4 is 10.6 Å². The first-order chi connectivity index (χ1) is 13.3. The summed E-state index contributed by atoms with van der Waals surface area (Å²) in [6, 6.07) is 20.8. The van der Waals surface area contributed by atoms with E-state index in [0.29, 0.717) is 19.8 Å². The maximum absolute atomic E-state index is 12.2. The van der Waals surface area contributed by atoms with Crippen LogP contribution >= 0.6 is 24.8 Å². The highest BCUT2D eigenvalue weighted by atomic mass is 35.5. The van der Waals surface area contributed by atoms with Gasteiger partial charge in [-0.1, -0.05) is 60.7 Å². The third-order valence-corrected chi connectivity index (χ3v) is 4.69. The summed E-state index contributed by atoms with van der Waals surface area (Å²) in [5.74, 6) is 0.0346. The second-order valence-electron chi connectivity index (χ2n) is 6.91. The highest BCUT2D eigenvalue weighted by molar-refractivity contribution is 5.85. The van der Waals surface area contributed by atoms with Crippen LogP contribution in [0.25, 0.3) is 0 Å². The van der Waals surface area contributed by atoms with Gasteiger partial charge in [-0.25, -0.2) is 0 Å². The molecule has 2 aromatic carbocycles. The topological polar surface area (TPSA) is 53.6 Å². The van der Waals surface area contributed by atoms with Crippen LogP contribution in [-0.2, 0) is 22.6 Å². The number of amides is 1. The molecule has 3 rings (SSSR count). The summed E-state index contributed by atoms with van der Waals surface area (Å²) in [5.41, 5.74) is 2.61. The van der Waals surface area contributed by atoms with Crippen LogP contribution in [0.4, 0.5) is 0 Å². The SMILES string of the molecule is Cl.Cl.O=C(NCCCN(Cc1ccccc1)Cc1ccccc1)C1COCCN1. The minimum atomic E-state index is -0.219. The van der Waals surface area contributed by atoms with Crippen LogP contribution in [0.3, 0.4) is 0 Å². The van der Waals surface area contributed by atoms with E-state index in [9.17, 15) is 4.79 Å². The van der Waals surface area contributed by atoms with Crippen molar-refractivity contribution in [1.29, 1.82) is 0 Å². The number of nitrogens with zero attached hydrogens (tertiary/aromatic N) is 1. The largest absolute Gasteiger partial charge is 0.378 e. The molecule has 5 nitrogen and oxygen atoms in total. The van der Waals surface area contributed by atoms with Crippen LogP contribution in [-0.4, -0.2) is 49.7 Å². The maximum atomic E-state index is 12.2. The van der Waals surface area contributed by atoms with E-state index in [0.717, 1.165) is 32.6 Å². The Morgan fingerprint density at radius 2 is 1.59 bits per heavy atom. The number of benzene rings is 2. The maximum Gasteiger partial charge on any atom is 0.239 e. The van der Waals surface area contributed by atoms with E-state index in [-0.39, 0.29) is 36.8 Å². The summed E-state index contributed by atoms with van der Waals surface area (Å²) in [7, 11) is 0. The minimum absolute atomic E-state index is 0. The fourth-order valence-corrected chi connectivity index (χ4v) is 3.27. The summed E-state index contributed by atoms with van der Waals surface area (Å²) in [6.45, 7) is 5.29. The van der Waals surface area contributed by atoms with Crippen LogP contribution in [0.5, 0.6) is 0 Å². The van der Waals surface area contributed by atoms with Crippen molar-refractivity contribution in [3.05, 3.63) is 71.8 Å². The third kappa shape index (κ3) is 9.15. The molecule has 1 atom stereocenters. The van der Waals surface area contributed by atoms with Crippen molar-refractivity contribution in [2.45, 2.75) is 25.6 Å². The van der Waals surface area contributed by atoms with Crippen molar-refractivity contribution in [3.8, 4) is 0 Å². The standard InChI is InChI=1S/C22H29N3O2.2ClH/c26-22(21-18-27-15-13-23-21)24-12-7-14-25(16-19-8-3-1-4-9-19)17-20-10-5-2-6-11-20;;/h1-6,8-11,21,23H,7,12-18H2,(H,24,26);2*1H. The van der Waals surface area contributed by atoms with Gasteiger partial charge in [0.05, 0.1) is 13.2 Å². The molecule has 0 saturated carbocycles. The molecule has 1 aliphatic rings. The van der Waals surface area contributed by atoms with Gasteiger partial charge < -0.3 is 15.4 Å². The van der Waals surface area contributed by atoms with E-state index in [1.165, 1.54) is 11.1 Å². The lowest BCUT2D eigenvalue weighted by Gasteiger charge is -2.24. The molecule has 0 spiro atoms. The molecule has 1 aliphatic heterocycles. The van der Waals surface area contributed by atoms with Crippen molar-refractivity contribution >= 4 is 30.7 Å². The average molecular weight is 440 g/mol. The lowest BCUT2D eigenvalue weighted by Crippen LogP contribution is -2.51. The lowest BCUT2D eigenvalue weighted by molar-refractivity contribution is -0.125. The van der Waals surface area contributed by atoms with Gasteiger partial charge in [-0.15, -0.1) is 24.8 Å². The number of carbonyl (C=O) groups excluding carboxylic acids is 1. The predicted octanol–water partition coefficient (Wildman–Crippen LogP) is 3.03. The Balaban J connectivity index is 0.00000210. The molecule has 0 bridgehead atoms. The normalized spacial score (nSPS) is 15.8. The number of hydrogen-bond donors (Lipinski definition) is 2. The fraction of sp³-hybridized carbons (Fsp3) is 0.409. The predicted molar refractivity (Wildman–Crippen MR) is 122 cm³/mol. The molecule has 0 radical (unpaired) electrons. The third-order valence-electron chi connectivity index (χ3n) is 4.69. The van der Waals surface area contributed by atoms with Crippen molar-refractivity contribution in [2.75, 3.05) is 32.8 Å². The van der Waals surface area contributed by atoms with Crippen LogP contribution in [0, 0.1) is 0 Å². The Hall–Kier alpha value is -1.63. The second-order valence-corrected chi connectivity index (χ2v) is 6.91. The zero-order valence-electron chi connectivity index (χ0n) is 16.6. The average Bonchev–Trinajstić information content (AvgIpc) is 2.73. The Morgan fingerprint density at radius 1 is 1.00 bits per heavy atom. The first-order valence-electron chi connectivity index (χ1n) is 9.70. The molecule has 0 aliphatic carbocycles. The second kappa shape index (κ2) is 14.4. The lowest BCUT2D eigenvalue weighted by atomic mass is 10.1. The molecule has 29 heavy (non-hydrogen) atoms. The molecule has 1 saturated heterocycles. The van der Waals surface area contributed by atoms with Gasteiger partial charge in [-0.3, -0.25) is 9.69 Å². The zero-order chi connectivity index (χ0) is 18.7. The van der Waals surface area contributed by atoms with E-state index in [1.54, 1.807) is 0 Å². The van der Waals surface area contributed by atoms with Gasteiger partial charge in [0, 0.05) is 32.7 Å². The number of ether oxygens (including phenoxy) is 1. The molecule has 0 aromatic heterocycles. The van der Waals surface area contributed by atoms with Crippen LogP contribution in [0.15, 0.2) is 60.7 Å². The zero-order valence-corrected chi connectivity index (χ0v) is 18.2. The molecule has 1 fully saturated rings. The fourth-order valence-electron chi connectivity index (χ4n) is 3.27. The Morgan fingerprint density at radius 3 is 2.10 bits per heavy atom. The highest BCUT2D eigenvalue weighted by Crippen LogP contribution is 2.10. The van der Waals surface area contributed by atoms with Gasteiger partial charge in [0.15, 0.2) is 0 Å². The molecule has 7 heteroatoms. The molecular weight excluding hydrogens is 409 g/mol. The quantitative estimate of drug-likeness (QED) is 0.589. The summed E-state index contributed by atoms with van der Waals surface area (Å²) in [5, 5.41) is 6.21. The summed E-state index contributed by atoms with van der Waals surface area (Å²) in [6.07, 6.45) is 0.916. The Labute approximate surface area is 186 Å². The summed E-state index contributed by atoms with van der Waals surface area (Å²) >= 11 is 0. The van der Waals surface area contributed by atoms with Gasteiger partial charge in [0.25, 0.3) is 0 Å². The first-order valence-corrected chi connectivity index (χ1v) is 9.70. The van der Waals surface area contributed by atoms with Gasteiger partial charge >= 0.3 is 0 Å². The van der Waals surface area contributed by atoms with Crippen LogP contribution in [0.2, 0.25) is 0 Å². The van der Waals surface area contributed by atoms with E-state index >= 15 is 0 Å². The number of hydrogen-bond acceptors (Lipinski definition) is 4. The van der Waals surface area contributed by atoms with E-state index in [2.05, 4.69) is 64.1 Å². The first kappa shape index (κ1) is 25.4. The molecule has 1 amide bonds. The van der Waals surface area contributed by atoms with Gasteiger partial charge in [-0.2, -0.15) is 0 Å². The van der Waals surface area contributed by atoms with Gasteiger partial charge in [-0.05, 0) is 17.5 Å². The van der Waals surface area contributed by atoms with E-state index in [1.807, 2.05) is 12.1 Å². The van der Waals surface area contributed by atoms with Crippen molar-refractivity contribution < 1.29 is 9.53 Å². The number of nitrogens with one attached hydrogen (secondary N) is 2. The van der Waals surface area contributed by atoms with Crippen LogP contribution in [0.1, 0.15) is 17.5 Å². The monoisotopic (exact) mass is 439 g/mol. The Bertz CT molecular complexity index is 641. The summed E-state index contributed by atoms with van der Waals surface area (Å²) in [4.78, 5) is 14.6. The van der Waals surface area contributed by atoms with Crippen molar-refractivity contribution in [1.82, 2.24) is 15.5 Å². The highest BCUT2D eigenvalue weighted by Gasteiger charge is 2.20. The Kier molecular flexibility index (Phi) is 12.6. The van der Waals surface area contributed by atoms with E-state index in [4.69, 9.17) is 4.74 Å². The molecular formula is C22H31Cl2N3O2. The molecule has 1 heterocycles. The smallest absolute Gasteiger partial charge is 0.239 e. The number of carbonyl (C=O) groups is 1. The van der Waals surface area contributed by atoms with Crippen molar-refractivity contribution in [2.24, 2.45) is 0 Å². The molecule has 160 valence electrons. The van der Waals surface area contributed by atoms with Crippen molar-refractivity contribution in [3.63, 3.8) is 0 Å². The number of rotatable bonds is 9. The minimum Gasteiger partial charge on any atom is -0.378 e. The molecule has 2 aromatic rings.